The molecule has 0 aromatic heterocycles. The summed E-state index contributed by atoms with van der Waals surface area (Å²) < 4.78 is 0. The van der Waals surface area contributed by atoms with Crippen LogP contribution in [0.4, 0.5) is 0 Å². The highest BCUT2D eigenvalue weighted by molar-refractivity contribution is 5.72. The number of hydrogen-bond acceptors (Lipinski definition) is 2. The summed E-state index contributed by atoms with van der Waals surface area (Å²) in [5.41, 5.74) is 0.000893. The van der Waals surface area contributed by atoms with E-state index in [0.717, 1.165) is 13.1 Å². The van der Waals surface area contributed by atoms with Gasteiger partial charge >= 0.3 is 0 Å². The topological polar surface area (TPSA) is 32.3 Å². The second-order valence-electron chi connectivity index (χ2n) is 6.27. The van der Waals surface area contributed by atoms with Gasteiger partial charge in [0.15, 0.2) is 0 Å². The van der Waals surface area contributed by atoms with Crippen molar-refractivity contribution in [3.8, 4) is 23.7 Å². The van der Waals surface area contributed by atoms with Crippen LogP contribution in [0.2, 0.25) is 0 Å². The third kappa shape index (κ3) is 14.8. The molecule has 118 valence electrons. The molecule has 1 N–H and O–H groups in total. The zero-order chi connectivity index (χ0) is 16.1. The number of carbonyl (C=O) groups excluding carboxylic acids is 1. The van der Waals surface area contributed by atoms with E-state index in [2.05, 4.69) is 61.6 Å². The highest BCUT2D eigenvalue weighted by Gasteiger charge is 2.03. The van der Waals surface area contributed by atoms with E-state index in [4.69, 9.17) is 0 Å². The molecule has 0 atom stereocenters. The average Bonchev–Trinajstić information content (AvgIpc) is 2.36. The van der Waals surface area contributed by atoms with E-state index in [1.807, 2.05) is 0 Å². The van der Waals surface area contributed by atoms with Crippen LogP contribution in [0.3, 0.4) is 0 Å². The zero-order valence-corrected chi connectivity index (χ0v) is 14.3. The van der Waals surface area contributed by atoms with Crippen LogP contribution in [0.5, 0.6) is 0 Å². The molecule has 21 heavy (non-hydrogen) atoms. The highest BCUT2D eigenvalue weighted by Crippen LogP contribution is 2.09. The van der Waals surface area contributed by atoms with Crippen LogP contribution in [0.15, 0.2) is 0 Å². The average molecular weight is 290 g/mol. The van der Waals surface area contributed by atoms with Crippen LogP contribution >= 0.6 is 0 Å². The van der Waals surface area contributed by atoms with Crippen LogP contribution in [0.25, 0.3) is 0 Å². The second kappa shape index (κ2) is 11.2. The maximum atomic E-state index is 10.9. The van der Waals surface area contributed by atoms with E-state index in [1.54, 1.807) is 6.92 Å². The summed E-state index contributed by atoms with van der Waals surface area (Å²) in [5, 5.41) is 2.83. The van der Waals surface area contributed by atoms with Crippen molar-refractivity contribution in [3.63, 3.8) is 0 Å². The fraction of sp³-hybridized carbons (Fsp3) is 0.722. The minimum Gasteiger partial charge on any atom is -0.355 e. The van der Waals surface area contributed by atoms with Crippen molar-refractivity contribution >= 4 is 5.91 Å². The normalized spacial score (nSPS) is 10.4. The summed E-state index contributed by atoms with van der Waals surface area (Å²) >= 11 is 0. The summed E-state index contributed by atoms with van der Waals surface area (Å²) in [5.74, 6) is 12.1. The summed E-state index contributed by atoms with van der Waals surface area (Å²) in [6.07, 6.45) is 3.61. The van der Waals surface area contributed by atoms with Gasteiger partial charge in [-0.05, 0) is 45.6 Å². The lowest BCUT2D eigenvalue weighted by Gasteiger charge is -2.19. The predicted octanol–water partition coefficient (Wildman–Crippen LogP) is 2.67. The van der Waals surface area contributed by atoms with Crippen LogP contribution in [-0.2, 0) is 4.79 Å². The lowest BCUT2D eigenvalue weighted by atomic mass is 9.98. The predicted molar refractivity (Wildman–Crippen MR) is 89.7 cm³/mol. The molecule has 0 aromatic rings. The molecule has 0 radical (unpaired) electrons. The first-order valence-electron chi connectivity index (χ1n) is 7.82. The van der Waals surface area contributed by atoms with Crippen molar-refractivity contribution in [2.45, 2.75) is 53.9 Å². The quantitative estimate of drug-likeness (QED) is 0.550. The molecule has 0 saturated carbocycles. The Balaban J connectivity index is 4.27. The molecule has 0 aliphatic rings. The Bertz CT molecular complexity index is 412. The molecule has 0 heterocycles. The van der Waals surface area contributed by atoms with Crippen LogP contribution < -0.4 is 5.32 Å². The number of hydrogen-bond donors (Lipinski definition) is 1. The van der Waals surface area contributed by atoms with Gasteiger partial charge in [0.05, 0.1) is 6.54 Å². The van der Waals surface area contributed by atoms with Crippen LogP contribution in [-0.4, -0.2) is 37.0 Å². The smallest absolute Gasteiger partial charge is 0.216 e. The first-order valence-corrected chi connectivity index (χ1v) is 7.82. The first-order chi connectivity index (χ1) is 9.85. The van der Waals surface area contributed by atoms with Crippen molar-refractivity contribution < 1.29 is 4.79 Å². The SMILES string of the molecule is CCCCCN(CC#CC#CC(C)(C)C)CCNC(C)=O. The molecule has 3 nitrogen and oxygen atoms in total. The molecule has 1 amide bonds. The second-order valence-corrected chi connectivity index (χ2v) is 6.27. The van der Waals surface area contributed by atoms with E-state index in [0.29, 0.717) is 13.1 Å². The Morgan fingerprint density at radius 3 is 2.43 bits per heavy atom. The van der Waals surface area contributed by atoms with Gasteiger partial charge in [-0.15, -0.1) is 0 Å². The maximum Gasteiger partial charge on any atom is 0.216 e. The Kier molecular flexibility index (Phi) is 10.5. The lowest BCUT2D eigenvalue weighted by molar-refractivity contribution is -0.119. The van der Waals surface area contributed by atoms with Crippen molar-refractivity contribution in [2.24, 2.45) is 5.41 Å². The van der Waals surface area contributed by atoms with E-state index in [9.17, 15) is 4.79 Å². The maximum absolute atomic E-state index is 10.9. The molecular weight excluding hydrogens is 260 g/mol. The van der Waals surface area contributed by atoms with Gasteiger partial charge < -0.3 is 5.32 Å². The number of rotatable bonds is 8. The van der Waals surface area contributed by atoms with Crippen molar-refractivity contribution in [1.29, 1.82) is 0 Å². The molecule has 0 unspecified atom stereocenters. The number of nitrogens with zero attached hydrogens (tertiary/aromatic N) is 1. The fourth-order valence-electron chi connectivity index (χ4n) is 1.66. The molecule has 0 saturated heterocycles. The number of carbonyl (C=O) groups is 1. The summed E-state index contributed by atoms with van der Waals surface area (Å²) in [4.78, 5) is 13.2. The summed E-state index contributed by atoms with van der Waals surface area (Å²) in [6.45, 7) is 13.2. The largest absolute Gasteiger partial charge is 0.355 e. The van der Waals surface area contributed by atoms with Crippen molar-refractivity contribution in [1.82, 2.24) is 10.2 Å². The van der Waals surface area contributed by atoms with Gasteiger partial charge in [-0.25, -0.2) is 0 Å². The third-order valence-corrected chi connectivity index (χ3v) is 2.77. The molecule has 0 bridgehead atoms. The van der Waals surface area contributed by atoms with Gasteiger partial charge in [-0.3, -0.25) is 9.69 Å². The Labute approximate surface area is 130 Å². The zero-order valence-electron chi connectivity index (χ0n) is 14.3. The minimum atomic E-state index is 0.000893. The van der Waals surface area contributed by atoms with Crippen molar-refractivity contribution in [3.05, 3.63) is 0 Å². The summed E-state index contributed by atoms with van der Waals surface area (Å²) in [7, 11) is 0. The molecular formula is C18H30N2O. The van der Waals surface area contributed by atoms with Gasteiger partial charge in [-0.1, -0.05) is 31.6 Å². The molecule has 0 rings (SSSR count). The van der Waals surface area contributed by atoms with E-state index >= 15 is 0 Å². The molecule has 0 fully saturated rings. The lowest BCUT2D eigenvalue weighted by Crippen LogP contribution is -2.34. The molecule has 0 spiro atoms. The van der Waals surface area contributed by atoms with Gasteiger partial charge in [0.2, 0.25) is 5.91 Å². The third-order valence-electron chi connectivity index (χ3n) is 2.77. The molecule has 3 heteroatoms. The van der Waals surface area contributed by atoms with Gasteiger partial charge in [0.25, 0.3) is 0 Å². The number of nitrogens with one attached hydrogen (secondary N) is 1. The van der Waals surface area contributed by atoms with Crippen LogP contribution in [0, 0.1) is 29.1 Å². The Morgan fingerprint density at radius 2 is 1.86 bits per heavy atom. The summed E-state index contributed by atoms with van der Waals surface area (Å²) in [6, 6.07) is 0. The molecule has 0 aliphatic carbocycles. The van der Waals surface area contributed by atoms with Gasteiger partial charge in [0, 0.05) is 25.4 Å². The standard InChI is InChI=1S/C18H30N2O/c1-6-7-10-14-20(16-13-19-17(2)21)15-11-8-9-12-18(3,4)5/h6-7,10,13-16H2,1-5H3,(H,19,21). The Morgan fingerprint density at radius 1 is 1.14 bits per heavy atom. The number of amides is 1. The first kappa shape index (κ1) is 19.6. The van der Waals surface area contributed by atoms with E-state index < -0.39 is 0 Å². The number of unbranched alkanes of at least 4 members (excludes halogenated alkanes) is 2. The molecule has 0 aromatic carbocycles. The highest BCUT2D eigenvalue weighted by atomic mass is 16.1. The molecule has 0 aliphatic heterocycles. The fourth-order valence-corrected chi connectivity index (χ4v) is 1.66. The van der Waals surface area contributed by atoms with E-state index in [-0.39, 0.29) is 11.3 Å². The Hall–Kier alpha value is -1.45. The van der Waals surface area contributed by atoms with Crippen LogP contribution in [0.1, 0.15) is 53.9 Å². The minimum absolute atomic E-state index is 0.000893. The van der Waals surface area contributed by atoms with Gasteiger partial charge in [0.1, 0.15) is 0 Å². The van der Waals surface area contributed by atoms with Crippen molar-refractivity contribution in [2.75, 3.05) is 26.2 Å². The monoisotopic (exact) mass is 290 g/mol. The van der Waals surface area contributed by atoms with Gasteiger partial charge in [-0.2, -0.15) is 0 Å². The van der Waals surface area contributed by atoms with E-state index in [1.165, 1.54) is 19.3 Å².